The molecule has 1 atom stereocenters. The van der Waals surface area contributed by atoms with Gasteiger partial charge in [-0.05, 0) is 37.6 Å². The Morgan fingerprint density at radius 2 is 1.86 bits per heavy atom. The van der Waals surface area contributed by atoms with E-state index in [0.717, 1.165) is 5.56 Å². The molecule has 0 fully saturated rings. The minimum Gasteiger partial charge on any atom is -0.419 e. The number of para-hydroxylation sites is 1. The van der Waals surface area contributed by atoms with Gasteiger partial charge in [-0.1, -0.05) is 42.1 Å². The van der Waals surface area contributed by atoms with Crippen molar-refractivity contribution in [2.45, 2.75) is 30.3 Å². The number of thioether (sulfide) groups is 1. The largest absolute Gasteiger partial charge is 0.419 e. The average Bonchev–Trinajstić information content (AvgIpc) is 3.25. The third-order valence-electron chi connectivity index (χ3n) is 4.46. The Morgan fingerprint density at radius 1 is 1.10 bits per heavy atom. The Balaban J connectivity index is 1.66. The summed E-state index contributed by atoms with van der Waals surface area (Å²) in [5.41, 5.74) is 1.38. The normalized spacial score (nSPS) is 12.3. The van der Waals surface area contributed by atoms with Crippen molar-refractivity contribution in [1.82, 2.24) is 19.7 Å². The van der Waals surface area contributed by atoms with Crippen molar-refractivity contribution in [3.05, 3.63) is 70.8 Å². The van der Waals surface area contributed by atoms with Crippen molar-refractivity contribution >= 4 is 22.7 Å². The van der Waals surface area contributed by atoms with Crippen molar-refractivity contribution < 1.29 is 9.52 Å². The van der Waals surface area contributed by atoms with Gasteiger partial charge in [0, 0.05) is 18.7 Å². The van der Waals surface area contributed by atoms with Crippen molar-refractivity contribution in [2.24, 2.45) is 0 Å². The molecule has 0 aliphatic heterocycles. The summed E-state index contributed by atoms with van der Waals surface area (Å²) >= 11 is 1.39. The summed E-state index contributed by atoms with van der Waals surface area (Å²) < 4.78 is 7.45. The SMILES string of the molecule is C[C@@H](Sc1nc2ccccc2c(=O)n1CCCO)c1nnc(-c2ccccc2)o1. The third-order valence-corrected chi connectivity index (χ3v) is 5.54. The zero-order valence-corrected chi connectivity index (χ0v) is 16.7. The maximum Gasteiger partial charge on any atom is 0.262 e. The standard InChI is InChI=1S/C21H20N4O3S/c1-14(18-23-24-19(28-18)15-8-3-2-4-9-15)29-21-22-17-11-6-5-10-16(17)20(27)25(21)12-7-13-26/h2-6,8-11,14,26H,7,12-13H2,1H3/t14-/m1/s1. The number of nitrogens with zero attached hydrogens (tertiary/aromatic N) is 4. The molecule has 2 heterocycles. The molecule has 0 aliphatic rings. The van der Waals surface area contributed by atoms with E-state index in [1.54, 1.807) is 10.6 Å². The number of aromatic nitrogens is 4. The van der Waals surface area contributed by atoms with Crippen LogP contribution in [0.3, 0.4) is 0 Å². The first kappa shape index (κ1) is 19.4. The number of fused-ring (bicyclic) bond motifs is 1. The fourth-order valence-corrected chi connectivity index (χ4v) is 3.93. The molecule has 2 aromatic carbocycles. The number of aliphatic hydroxyl groups is 1. The maximum atomic E-state index is 12.9. The lowest BCUT2D eigenvalue weighted by atomic mass is 10.2. The lowest BCUT2D eigenvalue weighted by Crippen LogP contribution is -2.24. The van der Waals surface area contributed by atoms with Gasteiger partial charge >= 0.3 is 0 Å². The molecule has 0 bridgehead atoms. The molecule has 0 radical (unpaired) electrons. The van der Waals surface area contributed by atoms with Crippen LogP contribution in [0.15, 0.2) is 69.0 Å². The molecule has 1 N–H and O–H groups in total. The van der Waals surface area contributed by atoms with Crippen LogP contribution in [0.4, 0.5) is 0 Å². The number of aliphatic hydroxyl groups excluding tert-OH is 1. The molecule has 148 valence electrons. The zero-order valence-electron chi connectivity index (χ0n) is 15.9. The van der Waals surface area contributed by atoms with Gasteiger partial charge in [-0.2, -0.15) is 0 Å². The van der Waals surface area contributed by atoms with Crippen LogP contribution in [0.2, 0.25) is 0 Å². The minimum absolute atomic E-state index is 0.00300. The topological polar surface area (TPSA) is 94.0 Å². The van der Waals surface area contributed by atoms with Crippen LogP contribution < -0.4 is 5.56 Å². The predicted octanol–water partition coefficient (Wildman–Crippen LogP) is 3.68. The molecule has 29 heavy (non-hydrogen) atoms. The van der Waals surface area contributed by atoms with Crippen LogP contribution in [0.5, 0.6) is 0 Å². The molecular weight excluding hydrogens is 388 g/mol. The molecule has 0 amide bonds. The predicted molar refractivity (Wildman–Crippen MR) is 112 cm³/mol. The first-order valence-corrected chi connectivity index (χ1v) is 10.2. The Labute approximate surface area is 171 Å². The Hall–Kier alpha value is -2.97. The molecule has 8 heteroatoms. The van der Waals surface area contributed by atoms with Crippen molar-refractivity contribution in [3.63, 3.8) is 0 Å². The second kappa shape index (κ2) is 8.59. The van der Waals surface area contributed by atoms with Gasteiger partial charge in [0.25, 0.3) is 5.56 Å². The van der Waals surface area contributed by atoms with E-state index in [9.17, 15) is 9.90 Å². The zero-order chi connectivity index (χ0) is 20.2. The third kappa shape index (κ3) is 4.08. The van der Waals surface area contributed by atoms with Crippen molar-refractivity contribution in [3.8, 4) is 11.5 Å². The Morgan fingerprint density at radius 3 is 2.66 bits per heavy atom. The minimum atomic E-state index is -0.201. The summed E-state index contributed by atoms with van der Waals surface area (Å²) in [6.07, 6.45) is 0.473. The Kier molecular flexibility index (Phi) is 5.73. The van der Waals surface area contributed by atoms with Crippen LogP contribution >= 0.6 is 11.8 Å². The fourth-order valence-electron chi connectivity index (χ4n) is 2.97. The smallest absolute Gasteiger partial charge is 0.262 e. The van der Waals surface area contributed by atoms with Gasteiger partial charge in [0.15, 0.2) is 5.16 Å². The van der Waals surface area contributed by atoms with Gasteiger partial charge in [-0.25, -0.2) is 4.98 Å². The monoisotopic (exact) mass is 408 g/mol. The number of benzene rings is 2. The Bertz CT molecular complexity index is 1170. The van der Waals surface area contributed by atoms with Crippen molar-refractivity contribution in [2.75, 3.05) is 6.61 Å². The van der Waals surface area contributed by atoms with Crippen LogP contribution in [-0.2, 0) is 6.54 Å². The molecule has 0 aliphatic carbocycles. The fraction of sp³-hybridized carbons (Fsp3) is 0.238. The first-order chi connectivity index (χ1) is 14.2. The van der Waals surface area contributed by atoms with Gasteiger partial charge < -0.3 is 9.52 Å². The lowest BCUT2D eigenvalue weighted by molar-refractivity contribution is 0.276. The molecule has 7 nitrogen and oxygen atoms in total. The summed E-state index contributed by atoms with van der Waals surface area (Å²) in [7, 11) is 0. The highest BCUT2D eigenvalue weighted by Gasteiger charge is 2.20. The molecule has 0 saturated heterocycles. The average molecular weight is 408 g/mol. The van der Waals surface area contributed by atoms with Crippen LogP contribution in [0, 0.1) is 0 Å². The van der Waals surface area contributed by atoms with Gasteiger partial charge in [-0.15, -0.1) is 10.2 Å². The van der Waals surface area contributed by atoms with E-state index < -0.39 is 0 Å². The number of hydrogen-bond acceptors (Lipinski definition) is 7. The van der Waals surface area contributed by atoms with Gasteiger partial charge in [-0.3, -0.25) is 9.36 Å². The first-order valence-electron chi connectivity index (χ1n) is 9.33. The van der Waals surface area contributed by atoms with Crippen LogP contribution in [0.1, 0.15) is 24.5 Å². The summed E-state index contributed by atoms with van der Waals surface area (Å²) in [6, 6.07) is 16.8. The second-order valence-corrected chi connectivity index (χ2v) is 7.82. The maximum absolute atomic E-state index is 12.9. The van der Waals surface area contributed by atoms with Crippen molar-refractivity contribution in [1.29, 1.82) is 0 Å². The number of hydrogen-bond donors (Lipinski definition) is 1. The molecule has 0 unspecified atom stereocenters. The van der Waals surface area contributed by atoms with E-state index >= 15 is 0 Å². The van der Waals surface area contributed by atoms with E-state index in [-0.39, 0.29) is 17.4 Å². The highest BCUT2D eigenvalue weighted by molar-refractivity contribution is 7.99. The second-order valence-electron chi connectivity index (χ2n) is 6.52. The molecule has 4 rings (SSSR count). The summed E-state index contributed by atoms with van der Waals surface area (Å²) in [5, 5.41) is 18.5. The molecule has 4 aromatic rings. The van der Waals surface area contributed by atoms with Gasteiger partial charge in [0.2, 0.25) is 11.8 Å². The highest BCUT2D eigenvalue weighted by atomic mass is 32.2. The molecule has 0 spiro atoms. The van der Waals surface area contributed by atoms with Crippen LogP contribution in [-0.4, -0.2) is 31.5 Å². The quantitative estimate of drug-likeness (QED) is 0.368. The molecular formula is C21H20N4O3S. The van der Waals surface area contributed by atoms with Gasteiger partial charge in [0.05, 0.1) is 16.2 Å². The molecule has 2 aromatic heterocycles. The summed E-state index contributed by atoms with van der Waals surface area (Å²) in [6.45, 7) is 2.33. The highest BCUT2D eigenvalue weighted by Crippen LogP contribution is 2.34. The van der Waals surface area contributed by atoms with Gasteiger partial charge in [0.1, 0.15) is 0 Å². The van der Waals surface area contributed by atoms with E-state index in [0.29, 0.717) is 40.8 Å². The summed E-state index contributed by atoms with van der Waals surface area (Å²) in [5.74, 6) is 0.919. The molecule has 0 saturated carbocycles. The van der Waals surface area contributed by atoms with E-state index in [2.05, 4.69) is 15.2 Å². The van der Waals surface area contributed by atoms with Crippen LogP contribution in [0.25, 0.3) is 22.4 Å². The van der Waals surface area contributed by atoms with E-state index in [1.807, 2.05) is 55.5 Å². The lowest BCUT2D eigenvalue weighted by Gasteiger charge is -2.14. The summed E-state index contributed by atoms with van der Waals surface area (Å²) in [4.78, 5) is 17.6. The van der Waals surface area contributed by atoms with E-state index in [4.69, 9.17) is 4.42 Å². The number of rotatable bonds is 7. The van der Waals surface area contributed by atoms with E-state index in [1.165, 1.54) is 11.8 Å².